The van der Waals surface area contributed by atoms with Crippen LogP contribution in [0.2, 0.25) is 0 Å². The van der Waals surface area contributed by atoms with Crippen molar-refractivity contribution in [3.05, 3.63) is 0 Å². The van der Waals surface area contributed by atoms with E-state index in [4.69, 9.17) is 10.2 Å². The van der Waals surface area contributed by atoms with Crippen molar-refractivity contribution in [1.29, 1.82) is 0 Å². The standard InChI is InChI=1S/C6H9NO4/c8-4-1-5(9)7-2-3(4)6(10)11/h3-4,8H,1-2H2,(H,7,9)(H,10,11). The van der Waals surface area contributed by atoms with Crippen molar-refractivity contribution in [2.24, 2.45) is 5.92 Å². The van der Waals surface area contributed by atoms with Gasteiger partial charge in [-0.1, -0.05) is 0 Å². The maximum absolute atomic E-state index is 10.6. The third kappa shape index (κ3) is 1.68. The maximum Gasteiger partial charge on any atom is 0.310 e. The number of hydrogen-bond acceptors (Lipinski definition) is 3. The molecule has 2 atom stereocenters. The van der Waals surface area contributed by atoms with Gasteiger partial charge in [0, 0.05) is 6.54 Å². The molecule has 1 heterocycles. The molecule has 1 aliphatic rings. The molecule has 0 saturated carbocycles. The van der Waals surface area contributed by atoms with Crippen LogP contribution in [-0.2, 0) is 9.59 Å². The number of rotatable bonds is 1. The first-order valence-corrected chi connectivity index (χ1v) is 3.29. The Bertz CT molecular complexity index is 191. The van der Waals surface area contributed by atoms with Crippen LogP contribution in [0, 0.1) is 5.92 Å². The molecule has 1 amide bonds. The summed E-state index contributed by atoms with van der Waals surface area (Å²) in [6, 6.07) is 0. The molecule has 0 aromatic heterocycles. The van der Waals surface area contributed by atoms with Crippen LogP contribution in [0.15, 0.2) is 0 Å². The lowest BCUT2D eigenvalue weighted by Gasteiger charge is -2.23. The Kier molecular flexibility index (Phi) is 2.09. The lowest BCUT2D eigenvalue weighted by molar-refractivity contribution is -0.148. The van der Waals surface area contributed by atoms with Crippen LogP contribution in [0.25, 0.3) is 0 Å². The van der Waals surface area contributed by atoms with Crippen molar-refractivity contribution >= 4 is 11.9 Å². The van der Waals surface area contributed by atoms with Crippen LogP contribution < -0.4 is 5.32 Å². The van der Waals surface area contributed by atoms with E-state index in [2.05, 4.69) is 5.32 Å². The molecule has 5 nitrogen and oxygen atoms in total. The minimum Gasteiger partial charge on any atom is -0.481 e. The monoisotopic (exact) mass is 159 g/mol. The fraction of sp³-hybridized carbons (Fsp3) is 0.667. The van der Waals surface area contributed by atoms with Gasteiger partial charge in [-0.15, -0.1) is 0 Å². The van der Waals surface area contributed by atoms with E-state index in [1.165, 1.54) is 0 Å². The van der Waals surface area contributed by atoms with Crippen LogP contribution in [0.5, 0.6) is 0 Å². The van der Waals surface area contributed by atoms with Crippen molar-refractivity contribution in [3.8, 4) is 0 Å². The highest BCUT2D eigenvalue weighted by molar-refractivity contribution is 5.81. The van der Waals surface area contributed by atoms with Crippen molar-refractivity contribution in [2.45, 2.75) is 12.5 Å². The van der Waals surface area contributed by atoms with Gasteiger partial charge in [0.25, 0.3) is 0 Å². The Hall–Kier alpha value is -1.10. The van der Waals surface area contributed by atoms with Crippen molar-refractivity contribution in [3.63, 3.8) is 0 Å². The van der Waals surface area contributed by atoms with E-state index in [9.17, 15) is 9.59 Å². The van der Waals surface area contributed by atoms with Crippen molar-refractivity contribution in [2.75, 3.05) is 6.54 Å². The van der Waals surface area contributed by atoms with E-state index in [1.54, 1.807) is 0 Å². The van der Waals surface area contributed by atoms with Crippen LogP contribution in [-0.4, -0.2) is 34.7 Å². The quantitative estimate of drug-likeness (QED) is 0.437. The second kappa shape index (κ2) is 2.87. The molecule has 3 N–H and O–H groups in total. The largest absolute Gasteiger partial charge is 0.481 e. The molecule has 0 aromatic carbocycles. The van der Waals surface area contributed by atoms with E-state index in [0.717, 1.165) is 0 Å². The van der Waals surface area contributed by atoms with Crippen LogP contribution >= 0.6 is 0 Å². The zero-order chi connectivity index (χ0) is 8.43. The first-order chi connectivity index (χ1) is 5.11. The van der Waals surface area contributed by atoms with Crippen LogP contribution in [0.1, 0.15) is 6.42 Å². The lowest BCUT2D eigenvalue weighted by atomic mass is 9.96. The number of aliphatic carboxylic acids is 1. The second-order valence-corrected chi connectivity index (χ2v) is 2.52. The van der Waals surface area contributed by atoms with Crippen LogP contribution in [0.3, 0.4) is 0 Å². The molecule has 2 unspecified atom stereocenters. The smallest absolute Gasteiger partial charge is 0.310 e. The van der Waals surface area contributed by atoms with Gasteiger partial charge in [0.05, 0.1) is 12.5 Å². The average Bonchev–Trinajstić information content (AvgIpc) is 1.85. The minimum absolute atomic E-state index is 0.0231. The summed E-state index contributed by atoms with van der Waals surface area (Å²) in [5.74, 6) is -2.22. The minimum atomic E-state index is -1.07. The molecule has 5 heteroatoms. The number of nitrogens with one attached hydrogen (secondary N) is 1. The van der Waals surface area contributed by atoms with Gasteiger partial charge in [-0.25, -0.2) is 0 Å². The summed E-state index contributed by atoms with van der Waals surface area (Å²) in [5, 5.41) is 19.9. The topological polar surface area (TPSA) is 86.6 Å². The van der Waals surface area contributed by atoms with E-state index >= 15 is 0 Å². The summed E-state index contributed by atoms with van der Waals surface area (Å²) in [6.45, 7) is 0.0231. The van der Waals surface area contributed by atoms with E-state index in [-0.39, 0.29) is 18.9 Å². The molecule has 0 bridgehead atoms. The molecule has 11 heavy (non-hydrogen) atoms. The van der Waals surface area contributed by atoms with E-state index in [0.29, 0.717) is 0 Å². The Morgan fingerprint density at radius 3 is 2.73 bits per heavy atom. The number of carboxylic acid groups (broad SMARTS) is 1. The molecular weight excluding hydrogens is 150 g/mol. The van der Waals surface area contributed by atoms with Crippen molar-refractivity contribution < 1.29 is 19.8 Å². The van der Waals surface area contributed by atoms with Crippen molar-refractivity contribution in [1.82, 2.24) is 5.32 Å². The Labute approximate surface area is 63.0 Å². The van der Waals surface area contributed by atoms with Gasteiger partial charge in [-0.3, -0.25) is 9.59 Å². The van der Waals surface area contributed by atoms with E-state index < -0.39 is 18.0 Å². The fourth-order valence-electron chi connectivity index (χ4n) is 1.02. The summed E-state index contributed by atoms with van der Waals surface area (Å²) >= 11 is 0. The highest BCUT2D eigenvalue weighted by Gasteiger charge is 2.32. The number of carboxylic acids is 1. The van der Waals surface area contributed by atoms with Gasteiger partial charge in [-0.2, -0.15) is 0 Å². The third-order valence-electron chi connectivity index (χ3n) is 1.70. The molecule has 1 aliphatic heterocycles. The number of carbonyl (C=O) groups excluding carboxylic acids is 1. The Balaban J connectivity index is 2.57. The number of aliphatic hydroxyl groups is 1. The lowest BCUT2D eigenvalue weighted by Crippen LogP contribution is -2.46. The molecule has 1 rings (SSSR count). The molecule has 62 valence electrons. The van der Waals surface area contributed by atoms with Gasteiger partial charge in [-0.05, 0) is 0 Å². The summed E-state index contributed by atoms with van der Waals surface area (Å²) in [4.78, 5) is 20.9. The first-order valence-electron chi connectivity index (χ1n) is 3.29. The molecule has 0 radical (unpaired) electrons. The maximum atomic E-state index is 10.6. The highest BCUT2D eigenvalue weighted by atomic mass is 16.4. The van der Waals surface area contributed by atoms with E-state index in [1.807, 2.05) is 0 Å². The van der Waals surface area contributed by atoms with Gasteiger partial charge in [0.15, 0.2) is 0 Å². The number of amides is 1. The molecule has 1 saturated heterocycles. The van der Waals surface area contributed by atoms with Gasteiger partial charge < -0.3 is 15.5 Å². The Morgan fingerprint density at radius 1 is 1.64 bits per heavy atom. The Morgan fingerprint density at radius 2 is 2.27 bits per heavy atom. The summed E-state index contributed by atoms with van der Waals surface area (Å²) in [5.41, 5.74) is 0. The van der Waals surface area contributed by atoms with Gasteiger partial charge in [0.2, 0.25) is 5.91 Å². The number of aliphatic hydroxyl groups excluding tert-OH is 1. The third-order valence-corrected chi connectivity index (χ3v) is 1.70. The highest BCUT2D eigenvalue weighted by Crippen LogP contribution is 2.11. The molecule has 0 aromatic rings. The normalized spacial score (nSPS) is 31.2. The van der Waals surface area contributed by atoms with Gasteiger partial charge in [0.1, 0.15) is 5.92 Å². The zero-order valence-corrected chi connectivity index (χ0v) is 5.78. The molecule has 0 aliphatic carbocycles. The molecule has 1 fully saturated rings. The second-order valence-electron chi connectivity index (χ2n) is 2.52. The predicted octanol–water partition coefficient (Wildman–Crippen LogP) is -1.43. The SMILES string of the molecule is O=C1CC(O)C(C(=O)O)CN1. The zero-order valence-electron chi connectivity index (χ0n) is 5.78. The molecular formula is C6H9NO4. The predicted molar refractivity (Wildman–Crippen MR) is 34.8 cm³/mol. The number of carbonyl (C=O) groups is 2. The average molecular weight is 159 g/mol. The fourth-order valence-corrected chi connectivity index (χ4v) is 1.02. The number of hydrogen-bond donors (Lipinski definition) is 3. The number of piperidine rings is 1. The molecule has 0 spiro atoms. The van der Waals surface area contributed by atoms with Gasteiger partial charge >= 0.3 is 5.97 Å². The summed E-state index contributed by atoms with van der Waals surface area (Å²) in [7, 11) is 0. The summed E-state index contributed by atoms with van der Waals surface area (Å²) in [6.07, 6.45) is -1.15. The van der Waals surface area contributed by atoms with Crippen LogP contribution in [0.4, 0.5) is 0 Å². The first kappa shape index (κ1) is 8.00. The summed E-state index contributed by atoms with van der Waals surface area (Å²) < 4.78 is 0.